The molecule has 5 nitrogen and oxygen atoms in total. The Bertz CT molecular complexity index is 446. The van der Waals surface area contributed by atoms with Crippen molar-refractivity contribution in [3.63, 3.8) is 0 Å². The minimum atomic E-state index is -1.06. The summed E-state index contributed by atoms with van der Waals surface area (Å²) in [4.78, 5) is 21.6. The van der Waals surface area contributed by atoms with E-state index in [1.54, 1.807) is 13.0 Å². The van der Waals surface area contributed by atoms with Gasteiger partial charge in [-0.2, -0.15) is 0 Å². The van der Waals surface area contributed by atoms with Gasteiger partial charge >= 0.3 is 5.97 Å². The van der Waals surface area contributed by atoms with Crippen LogP contribution in [0.1, 0.15) is 15.9 Å². The van der Waals surface area contributed by atoms with E-state index in [2.05, 4.69) is 21.2 Å². The third-order valence-electron chi connectivity index (χ3n) is 1.90. The Labute approximate surface area is 101 Å². The van der Waals surface area contributed by atoms with Crippen LogP contribution in [0.4, 0.5) is 5.69 Å². The zero-order valence-corrected chi connectivity index (χ0v) is 10.2. The van der Waals surface area contributed by atoms with Gasteiger partial charge in [0.2, 0.25) is 5.91 Å². The highest BCUT2D eigenvalue weighted by Crippen LogP contribution is 2.28. The average molecular weight is 287 g/mol. The van der Waals surface area contributed by atoms with Crippen LogP contribution in [0, 0.1) is 6.92 Å². The Balaban J connectivity index is 3.14. The summed E-state index contributed by atoms with van der Waals surface area (Å²) in [5.41, 5.74) is 6.26. The molecule has 1 aromatic rings. The van der Waals surface area contributed by atoms with Crippen LogP contribution in [0.5, 0.6) is 0 Å². The number of carbonyl (C=O) groups is 2. The first-order chi connectivity index (χ1) is 7.41. The number of carbonyl (C=O) groups excluding carboxylic acids is 1. The number of nitrogens with two attached hydrogens (primary N) is 1. The molecule has 0 saturated heterocycles. The van der Waals surface area contributed by atoms with Gasteiger partial charge in [0, 0.05) is 4.47 Å². The van der Waals surface area contributed by atoms with Gasteiger partial charge in [0.1, 0.15) is 0 Å². The Kier molecular flexibility index (Phi) is 3.89. The summed E-state index contributed by atoms with van der Waals surface area (Å²) in [5, 5.41) is 11.7. The molecule has 0 radical (unpaired) electrons. The number of carboxylic acids is 1. The van der Waals surface area contributed by atoms with Crippen LogP contribution in [0.25, 0.3) is 0 Å². The number of halogens is 1. The van der Waals surface area contributed by atoms with Gasteiger partial charge < -0.3 is 16.2 Å². The Morgan fingerprint density at radius 2 is 2.12 bits per heavy atom. The van der Waals surface area contributed by atoms with Crippen LogP contribution in [-0.4, -0.2) is 23.5 Å². The van der Waals surface area contributed by atoms with Gasteiger partial charge in [-0.25, -0.2) is 4.79 Å². The molecule has 0 spiro atoms. The molecule has 0 aliphatic carbocycles. The zero-order chi connectivity index (χ0) is 12.3. The number of hydrogen-bond acceptors (Lipinski definition) is 3. The second-order valence-corrected chi connectivity index (χ2v) is 4.15. The van der Waals surface area contributed by atoms with Crippen LogP contribution in [0.15, 0.2) is 16.6 Å². The van der Waals surface area contributed by atoms with Gasteiger partial charge in [-0.05, 0) is 40.5 Å². The largest absolute Gasteiger partial charge is 0.478 e. The number of benzene rings is 1. The highest BCUT2D eigenvalue weighted by Gasteiger charge is 2.14. The molecule has 0 aliphatic rings. The maximum Gasteiger partial charge on any atom is 0.337 e. The predicted molar refractivity (Wildman–Crippen MR) is 63.5 cm³/mol. The van der Waals surface area contributed by atoms with Crippen molar-refractivity contribution in [1.82, 2.24) is 0 Å². The smallest absolute Gasteiger partial charge is 0.337 e. The van der Waals surface area contributed by atoms with Crippen molar-refractivity contribution in [3.8, 4) is 0 Å². The Morgan fingerprint density at radius 3 is 2.62 bits per heavy atom. The molecule has 0 heterocycles. The average Bonchev–Trinajstić information content (AvgIpc) is 2.14. The fraction of sp³-hybridized carbons (Fsp3) is 0.200. The minimum absolute atomic E-state index is 0.105. The third-order valence-corrected chi connectivity index (χ3v) is 2.53. The van der Waals surface area contributed by atoms with Crippen molar-refractivity contribution in [1.29, 1.82) is 0 Å². The molecule has 1 rings (SSSR count). The number of rotatable bonds is 4. The normalized spacial score (nSPS) is 9.88. The van der Waals surface area contributed by atoms with Gasteiger partial charge in [0.05, 0.1) is 17.8 Å². The molecule has 4 N–H and O–H groups in total. The first kappa shape index (κ1) is 12.5. The molecule has 0 atom stereocenters. The van der Waals surface area contributed by atoms with E-state index >= 15 is 0 Å². The van der Waals surface area contributed by atoms with Crippen molar-refractivity contribution in [2.75, 3.05) is 11.9 Å². The summed E-state index contributed by atoms with van der Waals surface area (Å²) in [6, 6.07) is 3.28. The van der Waals surface area contributed by atoms with E-state index in [1.165, 1.54) is 6.07 Å². The molecule has 6 heteroatoms. The van der Waals surface area contributed by atoms with Gasteiger partial charge in [-0.3, -0.25) is 4.79 Å². The number of aromatic carboxylic acids is 1. The van der Waals surface area contributed by atoms with Gasteiger partial charge in [-0.1, -0.05) is 0 Å². The molecule has 0 aliphatic heterocycles. The number of anilines is 1. The number of primary amides is 1. The van der Waals surface area contributed by atoms with Crippen molar-refractivity contribution >= 4 is 33.5 Å². The first-order valence-corrected chi connectivity index (χ1v) is 5.26. The molecule has 0 saturated carbocycles. The second-order valence-electron chi connectivity index (χ2n) is 3.29. The maximum atomic E-state index is 11.0. The SMILES string of the molecule is Cc1cc(Br)c(NCC(N)=O)c(C(=O)O)c1. The second kappa shape index (κ2) is 4.98. The topological polar surface area (TPSA) is 92.4 Å². The number of carboxylic acid groups (broad SMARTS) is 1. The minimum Gasteiger partial charge on any atom is -0.478 e. The molecule has 0 unspecified atom stereocenters. The van der Waals surface area contributed by atoms with Crippen molar-refractivity contribution < 1.29 is 14.7 Å². The van der Waals surface area contributed by atoms with Gasteiger partial charge in [0.25, 0.3) is 0 Å². The zero-order valence-electron chi connectivity index (χ0n) is 8.58. The molecule has 0 aromatic heterocycles. The van der Waals surface area contributed by atoms with Crippen LogP contribution < -0.4 is 11.1 Å². The van der Waals surface area contributed by atoms with E-state index in [4.69, 9.17) is 10.8 Å². The fourth-order valence-corrected chi connectivity index (χ4v) is 1.98. The van der Waals surface area contributed by atoms with E-state index in [-0.39, 0.29) is 12.1 Å². The van der Waals surface area contributed by atoms with E-state index in [0.717, 1.165) is 5.56 Å². The lowest BCUT2D eigenvalue weighted by molar-refractivity contribution is -0.116. The lowest BCUT2D eigenvalue weighted by Crippen LogP contribution is -2.23. The number of aryl methyl sites for hydroxylation is 1. The molecular formula is C10H11BrN2O3. The van der Waals surface area contributed by atoms with Crippen molar-refractivity contribution in [2.24, 2.45) is 5.73 Å². The van der Waals surface area contributed by atoms with E-state index in [9.17, 15) is 9.59 Å². The van der Waals surface area contributed by atoms with E-state index < -0.39 is 11.9 Å². The van der Waals surface area contributed by atoms with Crippen LogP contribution in [-0.2, 0) is 4.79 Å². The van der Waals surface area contributed by atoms with Crippen molar-refractivity contribution in [3.05, 3.63) is 27.7 Å². The molecule has 86 valence electrons. The first-order valence-electron chi connectivity index (χ1n) is 4.47. The maximum absolute atomic E-state index is 11.0. The van der Waals surface area contributed by atoms with E-state index in [1.807, 2.05) is 0 Å². The van der Waals surface area contributed by atoms with Crippen LogP contribution in [0.3, 0.4) is 0 Å². The number of hydrogen-bond donors (Lipinski definition) is 3. The highest BCUT2D eigenvalue weighted by atomic mass is 79.9. The molecular weight excluding hydrogens is 276 g/mol. The highest BCUT2D eigenvalue weighted by molar-refractivity contribution is 9.10. The standard InChI is InChI=1S/C10H11BrN2O3/c1-5-2-6(10(15)16)9(7(11)3-5)13-4-8(12)14/h2-3,13H,4H2,1H3,(H2,12,14)(H,15,16). The monoisotopic (exact) mass is 286 g/mol. The molecule has 1 amide bonds. The van der Waals surface area contributed by atoms with Gasteiger partial charge in [0.15, 0.2) is 0 Å². The molecule has 16 heavy (non-hydrogen) atoms. The number of nitrogens with one attached hydrogen (secondary N) is 1. The summed E-state index contributed by atoms with van der Waals surface area (Å²) < 4.78 is 0.589. The summed E-state index contributed by atoms with van der Waals surface area (Å²) in [5.74, 6) is -1.61. The lowest BCUT2D eigenvalue weighted by atomic mass is 10.1. The molecule has 0 fully saturated rings. The summed E-state index contributed by atoms with van der Waals surface area (Å²) >= 11 is 3.24. The Hall–Kier alpha value is -1.56. The lowest BCUT2D eigenvalue weighted by Gasteiger charge is -2.11. The summed E-state index contributed by atoms with van der Waals surface area (Å²) in [7, 11) is 0. The number of amides is 1. The van der Waals surface area contributed by atoms with Crippen molar-refractivity contribution in [2.45, 2.75) is 6.92 Å². The summed E-state index contributed by atoms with van der Waals surface area (Å²) in [6.45, 7) is 1.68. The molecule has 0 bridgehead atoms. The van der Waals surface area contributed by atoms with Crippen LogP contribution in [0.2, 0.25) is 0 Å². The quantitative estimate of drug-likeness (QED) is 0.779. The summed E-state index contributed by atoms with van der Waals surface area (Å²) in [6.07, 6.45) is 0. The fourth-order valence-electron chi connectivity index (χ4n) is 1.27. The van der Waals surface area contributed by atoms with Gasteiger partial charge in [-0.15, -0.1) is 0 Å². The predicted octanol–water partition coefficient (Wildman–Crippen LogP) is 1.35. The molecule has 1 aromatic carbocycles. The van der Waals surface area contributed by atoms with Crippen LogP contribution >= 0.6 is 15.9 Å². The third kappa shape index (κ3) is 2.96. The Morgan fingerprint density at radius 1 is 1.50 bits per heavy atom. The van der Waals surface area contributed by atoms with E-state index in [0.29, 0.717) is 10.2 Å².